The third-order valence-corrected chi connectivity index (χ3v) is 7.35. The average molecular weight is 364 g/mol. The Morgan fingerprint density at radius 1 is 1.04 bits per heavy atom. The van der Waals surface area contributed by atoms with Crippen molar-refractivity contribution in [3.05, 3.63) is 0 Å². The lowest BCUT2D eigenvalue weighted by atomic mass is 9.75. The molecule has 146 valence electrons. The second-order valence-electron chi connectivity index (χ2n) is 8.46. The predicted octanol–water partition coefficient (Wildman–Crippen LogP) is 2.04. The van der Waals surface area contributed by atoms with Crippen LogP contribution in [0, 0.1) is 23.7 Å². The minimum absolute atomic E-state index is 0.130. The first kappa shape index (κ1) is 18.1. The van der Waals surface area contributed by atoms with Gasteiger partial charge in [0.25, 0.3) is 0 Å². The number of carbonyl (C=O) groups is 2. The molecule has 3 aliphatic heterocycles. The number of rotatable bonds is 5. The first-order chi connectivity index (χ1) is 12.6. The molecule has 0 aromatic heterocycles. The van der Waals surface area contributed by atoms with Crippen LogP contribution in [0.25, 0.3) is 0 Å². The number of ether oxygens (including phenoxy) is 1. The Labute approximate surface area is 156 Å². The van der Waals surface area contributed by atoms with Crippen LogP contribution in [0.4, 0.5) is 4.79 Å². The number of hydrogen-bond acceptors (Lipinski definition) is 4. The zero-order chi connectivity index (χ0) is 18.4. The Bertz CT molecular complexity index is 553. The van der Waals surface area contributed by atoms with Crippen molar-refractivity contribution in [2.45, 2.75) is 52.1 Å². The Kier molecular flexibility index (Phi) is 4.88. The summed E-state index contributed by atoms with van der Waals surface area (Å²) >= 11 is 0. The second-order valence-corrected chi connectivity index (χ2v) is 8.46. The van der Waals surface area contributed by atoms with E-state index in [1.165, 1.54) is 6.42 Å². The molecule has 0 aromatic carbocycles. The molecule has 0 N–H and O–H groups in total. The molecular weight excluding hydrogens is 330 g/mol. The van der Waals surface area contributed by atoms with E-state index in [4.69, 9.17) is 4.74 Å². The van der Waals surface area contributed by atoms with Gasteiger partial charge in [0, 0.05) is 50.7 Å². The monoisotopic (exact) mass is 363 g/mol. The molecule has 5 fully saturated rings. The molecule has 5 aliphatic rings. The first-order valence-corrected chi connectivity index (χ1v) is 10.5. The van der Waals surface area contributed by atoms with Crippen LogP contribution in [0.1, 0.15) is 40.0 Å². The molecule has 2 aliphatic carbocycles. The predicted molar refractivity (Wildman–Crippen MR) is 98.6 cm³/mol. The van der Waals surface area contributed by atoms with Gasteiger partial charge in [-0.25, -0.2) is 4.79 Å². The molecule has 6 atom stereocenters. The van der Waals surface area contributed by atoms with Gasteiger partial charge in [0.1, 0.15) is 0 Å². The van der Waals surface area contributed by atoms with Crippen LogP contribution < -0.4 is 0 Å². The van der Waals surface area contributed by atoms with Gasteiger partial charge < -0.3 is 14.5 Å². The molecule has 1 unspecified atom stereocenters. The van der Waals surface area contributed by atoms with E-state index in [-0.39, 0.29) is 12.0 Å². The molecule has 0 spiro atoms. The normalized spacial score (nSPS) is 38.2. The van der Waals surface area contributed by atoms with Crippen molar-refractivity contribution in [2.75, 3.05) is 39.3 Å². The summed E-state index contributed by atoms with van der Waals surface area (Å²) in [6.07, 6.45) is 3.29. The quantitative estimate of drug-likeness (QED) is 0.750. The van der Waals surface area contributed by atoms with E-state index in [2.05, 4.69) is 18.7 Å². The highest BCUT2D eigenvalue weighted by Gasteiger charge is 2.61. The molecule has 6 heteroatoms. The Hall–Kier alpha value is -1.30. The molecule has 0 radical (unpaired) electrons. The molecule has 2 bridgehead atoms. The van der Waals surface area contributed by atoms with Gasteiger partial charge in [-0.15, -0.1) is 0 Å². The van der Waals surface area contributed by atoms with Crippen molar-refractivity contribution in [1.82, 2.24) is 14.7 Å². The standard InChI is InChI=1S/C20H33N3O3/c1-4-21(5-2)19(24)18-15-11-22(12-16(15)18)17-9-14-8-7-13(17)10-23(14)20(25)26-6-3/h13-18H,4-12H2,1-3H3/t13-,14-,15-,16+,17?,18+/m0/s1. The summed E-state index contributed by atoms with van der Waals surface area (Å²) in [5.41, 5.74) is 0. The lowest BCUT2D eigenvalue weighted by Crippen LogP contribution is -2.60. The van der Waals surface area contributed by atoms with Gasteiger partial charge in [-0.3, -0.25) is 9.69 Å². The maximum Gasteiger partial charge on any atom is 0.410 e. The third-order valence-electron chi connectivity index (χ3n) is 7.35. The fourth-order valence-corrected chi connectivity index (χ4v) is 5.91. The van der Waals surface area contributed by atoms with Gasteiger partial charge in [-0.1, -0.05) is 0 Å². The molecule has 3 heterocycles. The number of carbonyl (C=O) groups excluding carboxylic acids is 2. The smallest absolute Gasteiger partial charge is 0.410 e. The summed E-state index contributed by atoms with van der Waals surface area (Å²) < 4.78 is 5.23. The van der Waals surface area contributed by atoms with Gasteiger partial charge in [-0.2, -0.15) is 0 Å². The fraction of sp³-hybridized carbons (Fsp3) is 0.900. The highest BCUT2D eigenvalue weighted by atomic mass is 16.6. The van der Waals surface area contributed by atoms with Gasteiger partial charge in [0.05, 0.1) is 6.61 Å². The van der Waals surface area contributed by atoms with Crippen LogP contribution in [-0.4, -0.2) is 78.1 Å². The molecule has 2 amide bonds. The van der Waals surface area contributed by atoms with E-state index >= 15 is 0 Å². The Balaban J connectivity index is 1.32. The molecule has 3 saturated heterocycles. The van der Waals surface area contributed by atoms with Crippen LogP contribution >= 0.6 is 0 Å². The first-order valence-electron chi connectivity index (χ1n) is 10.5. The average Bonchev–Trinajstić information content (AvgIpc) is 3.16. The minimum atomic E-state index is -0.130. The molecule has 0 aromatic rings. The van der Waals surface area contributed by atoms with Crippen LogP contribution in [-0.2, 0) is 9.53 Å². The highest BCUT2D eigenvalue weighted by molar-refractivity contribution is 5.82. The van der Waals surface area contributed by atoms with Crippen molar-refractivity contribution in [1.29, 1.82) is 0 Å². The van der Waals surface area contributed by atoms with Crippen LogP contribution in [0.3, 0.4) is 0 Å². The van der Waals surface area contributed by atoms with Gasteiger partial charge in [-0.05, 0) is 57.8 Å². The van der Waals surface area contributed by atoms with Crippen molar-refractivity contribution in [3.63, 3.8) is 0 Å². The fourth-order valence-electron chi connectivity index (χ4n) is 5.91. The van der Waals surface area contributed by atoms with Crippen LogP contribution in [0.2, 0.25) is 0 Å². The van der Waals surface area contributed by atoms with E-state index in [1.54, 1.807) is 0 Å². The Morgan fingerprint density at radius 3 is 2.27 bits per heavy atom. The van der Waals surface area contributed by atoms with Crippen molar-refractivity contribution >= 4 is 12.0 Å². The third kappa shape index (κ3) is 2.90. The van der Waals surface area contributed by atoms with E-state index in [9.17, 15) is 9.59 Å². The summed E-state index contributed by atoms with van der Waals surface area (Å²) in [6, 6.07) is 0.936. The topological polar surface area (TPSA) is 53.1 Å². The van der Waals surface area contributed by atoms with E-state index in [0.29, 0.717) is 42.4 Å². The van der Waals surface area contributed by atoms with E-state index < -0.39 is 0 Å². The van der Waals surface area contributed by atoms with Gasteiger partial charge in [0.15, 0.2) is 0 Å². The largest absolute Gasteiger partial charge is 0.450 e. The van der Waals surface area contributed by atoms with Crippen LogP contribution in [0.5, 0.6) is 0 Å². The van der Waals surface area contributed by atoms with Gasteiger partial charge in [0.2, 0.25) is 5.91 Å². The maximum absolute atomic E-state index is 12.6. The SMILES string of the molecule is CCOC(=O)N1C[C@@H]2CC[C@H]1CC2N1C[C@@H]2[C@H](C1)[C@H]2C(=O)N(CC)CC. The summed E-state index contributed by atoms with van der Waals surface area (Å²) in [7, 11) is 0. The highest BCUT2D eigenvalue weighted by Crippen LogP contribution is 2.54. The summed E-state index contributed by atoms with van der Waals surface area (Å²) in [4.78, 5) is 31.4. The number of amides is 2. The zero-order valence-corrected chi connectivity index (χ0v) is 16.4. The molecule has 6 nitrogen and oxygen atoms in total. The molecule has 26 heavy (non-hydrogen) atoms. The summed E-state index contributed by atoms with van der Waals surface area (Å²) in [6.45, 7) is 11.1. The lowest BCUT2D eigenvalue weighted by Gasteiger charge is -2.51. The van der Waals surface area contributed by atoms with E-state index in [1.807, 2.05) is 16.7 Å². The summed E-state index contributed by atoms with van der Waals surface area (Å²) in [5.74, 6) is 2.37. The van der Waals surface area contributed by atoms with Crippen molar-refractivity contribution in [2.24, 2.45) is 23.7 Å². The minimum Gasteiger partial charge on any atom is -0.450 e. The van der Waals surface area contributed by atoms with E-state index in [0.717, 1.165) is 45.6 Å². The number of fused-ring (bicyclic) bond motifs is 4. The number of piperidine rings is 3. The maximum atomic E-state index is 12.6. The van der Waals surface area contributed by atoms with Crippen molar-refractivity contribution < 1.29 is 14.3 Å². The Morgan fingerprint density at radius 2 is 1.73 bits per heavy atom. The molecular formula is C20H33N3O3. The zero-order valence-electron chi connectivity index (χ0n) is 16.4. The number of hydrogen-bond donors (Lipinski definition) is 0. The second kappa shape index (κ2) is 7.02. The molecule has 2 saturated carbocycles. The lowest BCUT2D eigenvalue weighted by molar-refractivity contribution is -0.133. The number of nitrogens with zero attached hydrogens (tertiary/aromatic N) is 3. The summed E-state index contributed by atoms with van der Waals surface area (Å²) in [5, 5.41) is 0. The molecule has 5 rings (SSSR count). The van der Waals surface area contributed by atoms with Gasteiger partial charge >= 0.3 is 6.09 Å². The van der Waals surface area contributed by atoms with Crippen molar-refractivity contribution in [3.8, 4) is 0 Å². The number of likely N-dealkylation sites (tertiary alicyclic amines) is 1. The van der Waals surface area contributed by atoms with Crippen LogP contribution in [0.15, 0.2) is 0 Å².